The molecule has 0 aromatic carbocycles. The zero-order chi connectivity index (χ0) is 11.1. The molecule has 1 heterocycles. The number of carbonyl (C=O) groups excluding carboxylic acids is 1. The Labute approximate surface area is 87.1 Å². The van der Waals surface area contributed by atoms with E-state index in [2.05, 4.69) is 39.5 Å². The molecule has 0 atom stereocenters. The predicted octanol–water partition coefficient (Wildman–Crippen LogP) is 1.34. The molecule has 0 bridgehead atoms. The molecule has 0 unspecified atom stereocenters. The van der Waals surface area contributed by atoms with Crippen molar-refractivity contribution in [2.75, 3.05) is 20.1 Å². The molecule has 1 fully saturated rings. The first-order valence-corrected chi connectivity index (χ1v) is 5.16. The van der Waals surface area contributed by atoms with Gasteiger partial charge < -0.3 is 4.90 Å². The largest absolute Gasteiger partial charge is 0.330 e. The smallest absolute Gasteiger partial charge is 0.237 e. The summed E-state index contributed by atoms with van der Waals surface area (Å²) < 4.78 is 0. The van der Waals surface area contributed by atoms with Gasteiger partial charge >= 0.3 is 0 Å². The monoisotopic (exact) mass is 198 g/mol. The van der Waals surface area contributed by atoms with Crippen LogP contribution in [-0.2, 0) is 4.79 Å². The second-order valence-corrected chi connectivity index (χ2v) is 5.88. The highest BCUT2D eigenvalue weighted by molar-refractivity contribution is 5.80. The van der Waals surface area contributed by atoms with Crippen molar-refractivity contribution in [2.24, 2.45) is 0 Å². The van der Waals surface area contributed by atoms with E-state index in [1.165, 1.54) is 0 Å². The van der Waals surface area contributed by atoms with E-state index in [4.69, 9.17) is 0 Å². The van der Waals surface area contributed by atoms with Crippen LogP contribution in [0.3, 0.4) is 0 Å². The van der Waals surface area contributed by atoms with Gasteiger partial charge in [0.2, 0.25) is 5.91 Å². The summed E-state index contributed by atoms with van der Waals surface area (Å²) in [6.07, 6.45) is 0. The molecule has 14 heavy (non-hydrogen) atoms. The van der Waals surface area contributed by atoms with Gasteiger partial charge in [0.25, 0.3) is 0 Å². The quantitative estimate of drug-likeness (QED) is 0.586. The van der Waals surface area contributed by atoms with E-state index in [0.29, 0.717) is 6.54 Å². The fourth-order valence-corrected chi connectivity index (χ4v) is 2.71. The third-order valence-electron chi connectivity index (χ3n) is 2.59. The molecule has 0 saturated carbocycles. The number of carbonyl (C=O) groups is 1. The van der Waals surface area contributed by atoms with Gasteiger partial charge in [-0.05, 0) is 41.7 Å². The summed E-state index contributed by atoms with van der Waals surface area (Å²) in [5, 5.41) is 0. The maximum absolute atomic E-state index is 12.0. The Morgan fingerprint density at radius 3 is 2.14 bits per heavy atom. The van der Waals surface area contributed by atoms with Crippen LogP contribution < -0.4 is 0 Å². The van der Waals surface area contributed by atoms with Crippen molar-refractivity contribution in [3.63, 3.8) is 0 Å². The van der Waals surface area contributed by atoms with Gasteiger partial charge in [-0.25, -0.2) is 0 Å². The highest BCUT2D eigenvalue weighted by Crippen LogP contribution is 2.28. The van der Waals surface area contributed by atoms with Crippen LogP contribution in [0, 0.1) is 0 Å². The fourth-order valence-electron chi connectivity index (χ4n) is 2.71. The highest BCUT2D eigenvalue weighted by Gasteiger charge is 2.42. The first-order chi connectivity index (χ1) is 6.14. The number of amides is 1. The molecule has 82 valence electrons. The molecule has 1 aliphatic rings. The van der Waals surface area contributed by atoms with Gasteiger partial charge in [0.15, 0.2) is 0 Å². The van der Waals surface area contributed by atoms with Crippen molar-refractivity contribution in [3.8, 4) is 0 Å². The molecule has 0 radical (unpaired) electrons. The summed E-state index contributed by atoms with van der Waals surface area (Å²) in [5.41, 5.74) is -0.149. The first-order valence-electron chi connectivity index (χ1n) is 5.16. The molecule has 3 nitrogen and oxygen atoms in total. The van der Waals surface area contributed by atoms with Gasteiger partial charge in [-0.1, -0.05) is 0 Å². The van der Waals surface area contributed by atoms with Gasteiger partial charge in [0, 0.05) is 12.1 Å². The Morgan fingerprint density at radius 1 is 1.29 bits per heavy atom. The second-order valence-electron chi connectivity index (χ2n) is 5.88. The van der Waals surface area contributed by atoms with Crippen molar-refractivity contribution in [2.45, 2.75) is 45.7 Å². The average Bonchev–Trinajstić information content (AvgIpc) is 1.75. The number of piperazine rings is 1. The number of nitrogens with zero attached hydrogens (tertiary/aromatic N) is 2. The third-order valence-corrected chi connectivity index (χ3v) is 2.59. The van der Waals surface area contributed by atoms with Crippen LogP contribution in [0.2, 0.25) is 0 Å². The van der Waals surface area contributed by atoms with Gasteiger partial charge in [-0.2, -0.15) is 0 Å². The lowest BCUT2D eigenvalue weighted by Gasteiger charge is -2.52. The van der Waals surface area contributed by atoms with E-state index in [0.717, 1.165) is 6.54 Å². The van der Waals surface area contributed by atoms with Gasteiger partial charge in [-0.3, -0.25) is 9.69 Å². The Kier molecular flexibility index (Phi) is 2.65. The maximum atomic E-state index is 12.0. The summed E-state index contributed by atoms with van der Waals surface area (Å²) in [6.45, 7) is 12.0. The van der Waals surface area contributed by atoms with Crippen LogP contribution in [-0.4, -0.2) is 46.9 Å². The van der Waals surface area contributed by atoms with Crippen molar-refractivity contribution >= 4 is 5.91 Å². The Balaban J connectivity index is 2.97. The number of likely N-dealkylation sites (N-methyl/N-ethyl adjacent to an activating group) is 1. The van der Waals surface area contributed by atoms with E-state index in [1.54, 1.807) is 0 Å². The summed E-state index contributed by atoms with van der Waals surface area (Å²) in [7, 11) is 2.00. The maximum Gasteiger partial charge on any atom is 0.237 e. The predicted molar refractivity (Wildman–Crippen MR) is 58.2 cm³/mol. The molecule has 1 amide bonds. The normalized spacial score (nSPS) is 24.1. The van der Waals surface area contributed by atoms with Crippen LogP contribution in [0.5, 0.6) is 0 Å². The lowest BCUT2D eigenvalue weighted by atomic mass is 9.91. The van der Waals surface area contributed by atoms with Crippen LogP contribution in [0.25, 0.3) is 0 Å². The minimum absolute atomic E-state index is 0.0671. The van der Waals surface area contributed by atoms with Crippen molar-refractivity contribution < 1.29 is 4.79 Å². The van der Waals surface area contributed by atoms with Crippen LogP contribution in [0.15, 0.2) is 0 Å². The summed E-state index contributed by atoms with van der Waals surface area (Å²) >= 11 is 0. The molecule has 3 heteroatoms. The van der Waals surface area contributed by atoms with Gasteiger partial charge in [0.05, 0.1) is 12.1 Å². The lowest BCUT2D eigenvalue weighted by molar-refractivity contribution is -0.152. The van der Waals surface area contributed by atoms with E-state index >= 15 is 0 Å². The molecule has 0 spiro atoms. The van der Waals surface area contributed by atoms with Crippen molar-refractivity contribution in [1.29, 1.82) is 0 Å². The molecule has 1 saturated heterocycles. The molecular formula is C11H22N2O. The number of hydrogen-bond acceptors (Lipinski definition) is 2. The minimum Gasteiger partial charge on any atom is -0.330 e. The van der Waals surface area contributed by atoms with E-state index in [-0.39, 0.29) is 17.0 Å². The van der Waals surface area contributed by atoms with Crippen LogP contribution in [0.4, 0.5) is 0 Å². The van der Waals surface area contributed by atoms with E-state index in [9.17, 15) is 4.79 Å². The average molecular weight is 198 g/mol. The molecule has 1 rings (SSSR count). The fraction of sp³-hybridized carbons (Fsp3) is 0.909. The summed E-state index contributed by atoms with van der Waals surface area (Å²) in [6, 6.07) is 0. The number of rotatable bonds is 0. The Morgan fingerprint density at radius 2 is 1.79 bits per heavy atom. The Hall–Kier alpha value is -0.570. The van der Waals surface area contributed by atoms with Crippen LogP contribution in [0.1, 0.15) is 34.6 Å². The Bertz CT molecular complexity index is 240. The molecule has 0 aliphatic carbocycles. The van der Waals surface area contributed by atoms with Crippen molar-refractivity contribution in [1.82, 2.24) is 9.80 Å². The zero-order valence-electron chi connectivity index (χ0n) is 10.2. The first kappa shape index (κ1) is 11.5. The zero-order valence-corrected chi connectivity index (χ0v) is 10.2. The van der Waals surface area contributed by atoms with E-state index in [1.807, 2.05) is 11.9 Å². The van der Waals surface area contributed by atoms with Crippen LogP contribution >= 0.6 is 0 Å². The second kappa shape index (κ2) is 3.23. The molecule has 0 N–H and O–H groups in total. The highest BCUT2D eigenvalue weighted by atomic mass is 16.2. The number of hydrogen-bond donors (Lipinski definition) is 0. The van der Waals surface area contributed by atoms with Gasteiger partial charge in [0.1, 0.15) is 0 Å². The minimum atomic E-state index is -0.0815. The molecule has 0 aromatic rings. The molecular weight excluding hydrogens is 176 g/mol. The third kappa shape index (κ3) is 2.08. The molecule has 0 aromatic heterocycles. The summed E-state index contributed by atoms with van der Waals surface area (Å²) in [4.78, 5) is 16.1. The molecule has 1 aliphatic heterocycles. The van der Waals surface area contributed by atoms with E-state index < -0.39 is 0 Å². The summed E-state index contributed by atoms with van der Waals surface area (Å²) in [5.74, 6) is 0.233. The standard InChI is InChI=1S/C11H22N2O/c1-10(2,3)13-9(14)7-12(6)8-11(13,4)5/h7-8H2,1-6H3. The topological polar surface area (TPSA) is 23.6 Å². The lowest BCUT2D eigenvalue weighted by Crippen LogP contribution is -2.66. The SMILES string of the molecule is CN1CC(=O)N(C(C)(C)C)C(C)(C)C1. The van der Waals surface area contributed by atoms with Gasteiger partial charge in [-0.15, -0.1) is 0 Å². The van der Waals surface area contributed by atoms with Crippen molar-refractivity contribution in [3.05, 3.63) is 0 Å².